The number of thioether (sulfide) groups is 1. The molecule has 4 nitrogen and oxygen atoms in total. The van der Waals surface area contributed by atoms with Gasteiger partial charge in [0.15, 0.2) is 0 Å². The third-order valence-corrected chi connectivity index (χ3v) is 3.81. The van der Waals surface area contributed by atoms with Crippen molar-refractivity contribution in [3.8, 4) is 0 Å². The summed E-state index contributed by atoms with van der Waals surface area (Å²) in [6, 6.07) is 0.243. The number of unbranched alkanes of at least 4 members (excludes halogenated alkanes) is 2. The van der Waals surface area contributed by atoms with Crippen LogP contribution in [0.3, 0.4) is 0 Å². The number of nitrogens with one attached hydrogen (secondary N) is 1. The number of carbonyl (C=O) groups excluding carboxylic acids is 1. The smallest absolute Gasteiger partial charge is 0.256 e. The van der Waals surface area contributed by atoms with Crippen LogP contribution in [0, 0.1) is 13.8 Å². The Bertz CT molecular complexity index is 385. The fourth-order valence-electron chi connectivity index (χ4n) is 1.72. The van der Waals surface area contributed by atoms with Crippen molar-refractivity contribution in [2.75, 3.05) is 5.75 Å². The van der Waals surface area contributed by atoms with Crippen LogP contribution in [0.4, 0.5) is 0 Å². The fourth-order valence-corrected chi connectivity index (χ4v) is 2.44. The van der Waals surface area contributed by atoms with Crippen LogP contribution in [0.5, 0.6) is 0 Å². The van der Waals surface area contributed by atoms with Crippen molar-refractivity contribution in [1.29, 1.82) is 0 Å². The number of carbonyl (C=O) groups is 1. The zero-order valence-electron chi connectivity index (χ0n) is 12.3. The molecule has 1 rings (SSSR count). The Morgan fingerprint density at radius 2 is 2.16 bits per heavy atom. The third kappa shape index (κ3) is 6.14. The minimum atomic E-state index is 0.0440. The molecule has 0 aliphatic heterocycles. The molecule has 1 amide bonds. The van der Waals surface area contributed by atoms with Gasteiger partial charge in [0.25, 0.3) is 5.22 Å². The van der Waals surface area contributed by atoms with Gasteiger partial charge < -0.3 is 9.73 Å². The van der Waals surface area contributed by atoms with E-state index in [2.05, 4.69) is 24.1 Å². The van der Waals surface area contributed by atoms with E-state index in [0.29, 0.717) is 11.0 Å². The zero-order valence-corrected chi connectivity index (χ0v) is 13.1. The van der Waals surface area contributed by atoms with E-state index in [1.54, 1.807) is 0 Å². The molecule has 0 aliphatic carbocycles. The Hall–Kier alpha value is -0.970. The summed E-state index contributed by atoms with van der Waals surface area (Å²) < 4.78 is 5.42. The van der Waals surface area contributed by atoms with E-state index in [0.717, 1.165) is 17.9 Å². The molecular weight excluding hydrogens is 260 g/mol. The highest BCUT2D eigenvalue weighted by Crippen LogP contribution is 2.19. The number of hydrogen-bond acceptors (Lipinski definition) is 4. The Labute approximate surface area is 119 Å². The number of aryl methyl sites for hydroxylation is 2. The normalized spacial score (nSPS) is 12.4. The first kappa shape index (κ1) is 16.1. The number of oxazole rings is 1. The predicted molar refractivity (Wildman–Crippen MR) is 78.4 cm³/mol. The van der Waals surface area contributed by atoms with Gasteiger partial charge >= 0.3 is 0 Å². The fraction of sp³-hybridized carbons (Fsp3) is 0.714. The summed E-state index contributed by atoms with van der Waals surface area (Å²) in [5.74, 6) is 1.22. The summed E-state index contributed by atoms with van der Waals surface area (Å²) in [5, 5.41) is 3.57. The van der Waals surface area contributed by atoms with Crippen molar-refractivity contribution in [2.45, 2.75) is 64.6 Å². The molecular formula is C14H24N2O2S. The lowest BCUT2D eigenvalue weighted by atomic mass is 10.1. The van der Waals surface area contributed by atoms with Crippen LogP contribution in [0.25, 0.3) is 0 Å². The first-order chi connectivity index (χ1) is 9.02. The quantitative estimate of drug-likeness (QED) is 0.586. The largest absolute Gasteiger partial charge is 0.437 e. The molecule has 19 heavy (non-hydrogen) atoms. The molecule has 1 N–H and O–H groups in total. The average molecular weight is 284 g/mol. The van der Waals surface area contributed by atoms with E-state index in [-0.39, 0.29) is 11.9 Å². The molecule has 0 fully saturated rings. The lowest BCUT2D eigenvalue weighted by Crippen LogP contribution is -2.33. The van der Waals surface area contributed by atoms with Gasteiger partial charge in [-0.15, -0.1) is 0 Å². The topological polar surface area (TPSA) is 55.1 Å². The molecule has 0 saturated heterocycles. The minimum absolute atomic E-state index is 0.0440. The van der Waals surface area contributed by atoms with Crippen LogP contribution in [-0.4, -0.2) is 22.7 Å². The van der Waals surface area contributed by atoms with Crippen molar-refractivity contribution < 1.29 is 9.21 Å². The second kappa shape index (κ2) is 8.25. The molecule has 0 saturated carbocycles. The Kier molecular flexibility index (Phi) is 6.99. The van der Waals surface area contributed by atoms with E-state index < -0.39 is 0 Å². The van der Waals surface area contributed by atoms with Gasteiger partial charge in [-0.2, -0.15) is 0 Å². The highest BCUT2D eigenvalue weighted by Gasteiger charge is 2.11. The first-order valence-corrected chi connectivity index (χ1v) is 7.87. The van der Waals surface area contributed by atoms with E-state index in [9.17, 15) is 4.79 Å². The maximum atomic E-state index is 11.7. The molecule has 1 atom stereocenters. The van der Waals surface area contributed by atoms with Gasteiger partial charge in [-0.25, -0.2) is 4.98 Å². The third-order valence-electron chi connectivity index (χ3n) is 2.98. The van der Waals surface area contributed by atoms with E-state index >= 15 is 0 Å². The zero-order chi connectivity index (χ0) is 14.3. The molecule has 1 aromatic rings. The second-order valence-electron chi connectivity index (χ2n) is 4.87. The van der Waals surface area contributed by atoms with Gasteiger partial charge in [0.05, 0.1) is 11.4 Å². The number of nitrogens with zero attached hydrogens (tertiary/aromatic N) is 1. The Morgan fingerprint density at radius 1 is 1.42 bits per heavy atom. The van der Waals surface area contributed by atoms with Crippen LogP contribution in [0.2, 0.25) is 0 Å². The van der Waals surface area contributed by atoms with Crippen LogP contribution in [0.1, 0.15) is 51.0 Å². The Morgan fingerprint density at radius 3 is 2.74 bits per heavy atom. The molecule has 5 heteroatoms. The van der Waals surface area contributed by atoms with Crippen molar-refractivity contribution >= 4 is 17.7 Å². The van der Waals surface area contributed by atoms with Gasteiger partial charge in [0.1, 0.15) is 5.76 Å². The van der Waals surface area contributed by atoms with Crippen LogP contribution in [-0.2, 0) is 4.79 Å². The van der Waals surface area contributed by atoms with Crippen LogP contribution < -0.4 is 5.32 Å². The second-order valence-corrected chi connectivity index (χ2v) is 5.80. The molecule has 1 aromatic heterocycles. The molecule has 0 aliphatic rings. The monoisotopic (exact) mass is 284 g/mol. The lowest BCUT2D eigenvalue weighted by Gasteiger charge is -2.12. The summed E-state index contributed by atoms with van der Waals surface area (Å²) in [5.41, 5.74) is 0.885. The summed E-state index contributed by atoms with van der Waals surface area (Å²) in [6.45, 7) is 8.01. The van der Waals surface area contributed by atoms with Crippen molar-refractivity contribution in [1.82, 2.24) is 10.3 Å². The van der Waals surface area contributed by atoms with Gasteiger partial charge in [-0.1, -0.05) is 37.9 Å². The maximum Gasteiger partial charge on any atom is 0.256 e. The number of aromatic nitrogens is 1. The summed E-state index contributed by atoms with van der Waals surface area (Å²) in [4.78, 5) is 16.0. The number of hydrogen-bond donors (Lipinski definition) is 1. The van der Waals surface area contributed by atoms with Gasteiger partial charge in [0, 0.05) is 6.04 Å². The van der Waals surface area contributed by atoms with E-state index in [4.69, 9.17) is 4.42 Å². The molecule has 108 valence electrons. The van der Waals surface area contributed by atoms with Crippen LogP contribution in [0.15, 0.2) is 9.64 Å². The van der Waals surface area contributed by atoms with E-state index in [1.807, 2.05) is 13.8 Å². The van der Waals surface area contributed by atoms with Gasteiger partial charge in [-0.05, 0) is 27.2 Å². The maximum absolute atomic E-state index is 11.7. The average Bonchev–Trinajstić information content (AvgIpc) is 2.67. The minimum Gasteiger partial charge on any atom is -0.437 e. The SMILES string of the molecule is CCCCCC(C)NC(=O)CSc1nc(C)c(C)o1. The molecule has 0 aromatic carbocycles. The summed E-state index contributed by atoms with van der Waals surface area (Å²) in [7, 11) is 0. The van der Waals surface area contributed by atoms with Crippen molar-refractivity contribution in [2.24, 2.45) is 0 Å². The number of rotatable bonds is 8. The highest BCUT2D eigenvalue weighted by atomic mass is 32.2. The lowest BCUT2D eigenvalue weighted by molar-refractivity contribution is -0.119. The molecule has 0 radical (unpaired) electrons. The van der Waals surface area contributed by atoms with Crippen LogP contribution >= 0.6 is 11.8 Å². The van der Waals surface area contributed by atoms with E-state index in [1.165, 1.54) is 31.0 Å². The summed E-state index contributed by atoms with van der Waals surface area (Å²) >= 11 is 1.34. The molecule has 0 spiro atoms. The Balaban J connectivity index is 2.23. The van der Waals surface area contributed by atoms with Gasteiger partial charge in [0.2, 0.25) is 5.91 Å². The summed E-state index contributed by atoms with van der Waals surface area (Å²) in [6.07, 6.45) is 4.65. The molecule has 0 bridgehead atoms. The highest BCUT2D eigenvalue weighted by molar-refractivity contribution is 7.99. The predicted octanol–water partition coefficient (Wildman–Crippen LogP) is 3.47. The number of amides is 1. The standard InChI is InChI=1S/C14H24N2O2S/c1-5-6-7-8-10(2)15-13(17)9-19-14-16-11(3)12(4)18-14/h10H,5-9H2,1-4H3,(H,15,17). The molecule has 1 heterocycles. The van der Waals surface area contributed by atoms with Crippen molar-refractivity contribution in [3.05, 3.63) is 11.5 Å². The van der Waals surface area contributed by atoms with Crippen molar-refractivity contribution in [3.63, 3.8) is 0 Å². The van der Waals surface area contributed by atoms with Gasteiger partial charge in [-0.3, -0.25) is 4.79 Å². The first-order valence-electron chi connectivity index (χ1n) is 6.89. The molecule has 1 unspecified atom stereocenters.